The third-order valence-corrected chi connectivity index (χ3v) is 2.05. The Morgan fingerprint density at radius 1 is 1.75 bits per heavy atom. The van der Waals surface area contributed by atoms with Crippen LogP contribution in [0.5, 0.6) is 0 Å². The lowest BCUT2D eigenvalue weighted by Gasteiger charge is -2.06. The fourth-order valence-electron chi connectivity index (χ4n) is 1.34. The first-order valence-corrected chi connectivity index (χ1v) is 3.98. The Morgan fingerprint density at radius 2 is 2.67 bits per heavy atom. The summed E-state index contributed by atoms with van der Waals surface area (Å²) in [6, 6.07) is 0.382. The maximum absolute atomic E-state index is 5.24. The average Bonchev–Trinajstić information content (AvgIpc) is 2.75. The fourth-order valence-corrected chi connectivity index (χ4v) is 1.34. The van der Waals surface area contributed by atoms with Crippen LogP contribution in [0.2, 0.25) is 0 Å². The van der Waals surface area contributed by atoms with Gasteiger partial charge in [-0.15, -0.1) is 6.42 Å². The van der Waals surface area contributed by atoms with Crippen LogP contribution >= 0.6 is 0 Å². The lowest BCUT2D eigenvalue weighted by atomic mass is 10.3. The second-order valence-electron chi connectivity index (χ2n) is 2.87. The molecule has 62 valence electrons. The zero-order valence-corrected chi connectivity index (χ0v) is 6.73. The van der Waals surface area contributed by atoms with Crippen molar-refractivity contribution >= 4 is 0 Å². The molecule has 3 nitrogen and oxygen atoms in total. The van der Waals surface area contributed by atoms with E-state index in [0.717, 1.165) is 25.2 Å². The molecule has 0 radical (unpaired) electrons. The Balaban J connectivity index is 2.17. The topological polar surface area (TPSA) is 27.1 Å². The van der Waals surface area contributed by atoms with Crippen molar-refractivity contribution in [3.63, 3.8) is 0 Å². The predicted octanol–water partition coefficient (Wildman–Crippen LogP) is 0.826. The van der Waals surface area contributed by atoms with E-state index in [1.165, 1.54) is 0 Å². The van der Waals surface area contributed by atoms with E-state index in [0.29, 0.717) is 6.04 Å². The second kappa shape index (κ2) is 3.00. The van der Waals surface area contributed by atoms with Crippen LogP contribution in [0.3, 0.4) is 0 Å². The summed E-state index contributed by atoms with van der Waals surface area (Å²) in [6.45, 7) is 1.58. The van der Waals surface area contributed by atoms with E-state index in [1.54, 1.807) is 6.20 Å². The molecule has 2 heterocycles. The van der Waals surface area contributed by atoms with Gasteiger partial charge in [0.2, 0.25) is 0 Å². The predicted molar refractivity (Wildman–Crippen MR) is 44.6 cm³/mol. The number of hydrogen-bond acceptors (Lipinski definition) is 2. The molecule has 3 heteroatoms. The van der Waals surface area contributed by atoms with Crippen molar-refractivity contribution in [3.05, 3.63) is 18.0 Å². The van der Waals surface area contributed by atoms with Gasteiger partial charge in [-0.3, -0.25) is 4.68 Å². The van der Waals surface area contributed by atoms with Gasteiger partial charge >= 0.3 is 0 Å². The highest BCUT2D eigenvalue weighted by Gasteiger charge is 2.17. The molecular weight excluding hydrogens is 152 g/mol. The SMILES string of the molecule is C#Cc1cnn([C@H]2CCOC2)c1. The molecule has 1 atom stereocenters. The first kappa shape index (κ1) is 7.38. The Morgan fingerprint density at radius 3 is 3.25 bits per heavy atom. The smallest absolute Gasteiger partial charge is 0.0775 e. The average molecular weight is 162 g/mol. The van der Waals surface area contributed by atoms with Crippen molar-refractivity contribution in [3.8, 4) is 12.3 Å². The van der Waals surface area contributed by atoms with Gasteiger partial charge in [0.05, 0.1) is 24.4 Å². The first-order chi connectivity index (χ1) is 5.90. The molecule has 1 saturated heterocycles. The highest BCUT2D eigenvalue weighted by Crippen LogP contribution is 2.17. The van der Waals surface area contributed by atoms with Crippen LogP contribution in [0.25, 0.3) is 0 Å². The molecule has 1 aliphatic heterocycles. The molecule has 0 aliphatic carbocycles. The highest BCUT2D eigenvalue weighted by atomic mass is 16.5. The number of hydrogen-bond donors (Lipinski definition) is 0. The lowest BCUT2D eigenvalue weighted by Crippen LogP contribution is -2.08. The van der Waals surface area contributed by atoms with Crippen molar-refractivity contribution < 1.29 is 4.74 Å². The fraction of sp³-hybridized carbons (Fsp3) is 0.444. The second-order valence-corrected chi connectivity index (χ2v) is 2.87. The van der Waals surface area contributed by atoms with Gasteiger partial charge in [0.1, 0.15) is 0 Å². The minimum Gasteiger partial charge on any atom is -0.379 e. The Hall–Kier alpha value is -1.27. The molecule has 12 heavy (non-hydrogen) atoms. The molecule has 0 spiro atoms. The quantitative estimate of drug-likeness (QED) is 0.572. The van der Waals surface area contributed by atoms with Crippen molar-refractivity contribution in [2.75, 3.05) is 13.2 Å². The van der Waals surface area contributed by atoms with Crippen LogP contribution in [0, 0.1) is 12.3 Å². The summed E-state index contributed by atoms with van der Waals surface area (Å²) >= 11 is 0. The summed E-state index contributed by atoms with van der Waals surface area (Å²) in [5.41, 5.74) is 0.835. The lowest BCUT2D eigenvalue weighted by molar-refractivity contribution is 0.184. The molecule has 0 bridgehead atoms. The van der Waals surface area contributed by atoms with Crippen molar-refractivity contribution in [1.29, 1.82) is 0 Å². The Labute approximate surface area is 71.3 Å². The number of rotatable bonds is 1. The molecule has 0 N–H and O–H groups in total. The normalized spacial score (nSPS) is 22.4. The standard InChI is InChI=1S/C9H10N2O/c1-2-8-5-10-11(6-8)9-3-4-12-7-9/h1,5-6,9H,3-4,7H2/t9-/m0/s1. The van der Waals surface area contributed by atoms with Crippen molar-refractivity contribution in [2.45, 2.75) is 12.5 Å². The Kier molecular flexibility index (Phi) is 1.84. The molecule has 2 rings (SSSR count). The van der Waals surface area contributed by atoms with Gasteiger partial charge < -0.3 is 4.74 Å². The van der Waals surface area contributed by atoms with Gasteiger partial charge in [-0.25, -0.2) is 0 Å². The zero-order valence-electron chi connectivity index (χ0n) is 6.73. The van der Waals surface area contributed by atoms with Gasteiger partial charge in [0, 0.05) is 12.8 Å². The van der Waals surface area contributed by atoms with E-state index in [1.807, 2.05) is 10.9 Å². The molecule has 1 aromatic rings. The van der Waals surface area contributed by atoms with Crippen LogP contribution < -0.4 is 0 Å². The monoisotopic (exact) mass is 162 g/mol. The third-order valence-electron chi connectivity index (χ3n) is 2.05. The van der Waals surface area contributed by atoms with E-state index < -0.39 is 0 Å². The van der Waals surface area contributed by atoms with E-state index in [4.69, 9.17) is 11.2 Å². The largest absolute Gasteiger partial charge is 0.379 e. The molecule has 0 aromatic carbocycles. The van der Waals surface area contributed by atoms with Crippen LogP contribution in [0.15, 0.2) is 12.4 Å². The van der Waals surface area contributed by atoms with Gasteiger partial charge in [-0.2, -0.15) is 5.10 Å². The van der Waals surface area contributed by atoms with Gasteiger partial charge in [0.15, 0.2) is 0 Å². The van der Waals surface area contributed by atoms with E-state index in [9.17, 15) is 0 Å². The zero-order chi connectivity index (χ0) is 8.39. The van der Waals surface area contributed by atoms with E-state index in [-0.39, 0.29) is 0 Å². The molecule has 1 aromatic heterocycles. The Bertz CT molecular complexity index is 305. The number of terminal acetylenes is 1. The summed E-state index contributed by atoms with van der Waals surface area (Å²) in [5, 5.41) is 4.16. The minimum atomic E-state index is 0.382. The van der Waals surface area contributed by atoms with Crippen molar-refractivity contribution in [2.24, 2.45) is 0 Å². The summed E-state index contributed by atoms with van der Waals surface area (Å²) < 4.78 is 7.13. The van der Waals surface area contributed by atoms with Crippen LogP contribution in [-0.2, 0) is 4.74 Å². The van der Waals surface area contributed by atoms with Crippen LogP contribution in [0.4, 0.5) is 0 Å². The minimum absolute atomic E-state index is 0.382. The molecule has 1 fully saturated rings. The maximum Gasteiger partial charge on any atom is 0.0775 e. The molecule has 0 amide bonds. The van der Waals surface area contributed by atoms with Crippen LogP contribution in [0.1, 0.15) is 18.0 Å². The summed E-state index contributed by atoms with van der Waals surface area (Å²) in [4.78, 5) is 0. The number of nitrogens with zero attached hydrogens (tertiary/aromatic N) is 2. The van der Waals surface area contributed by atoms with E-state index in [2.05, 4.69) is 11.0 Å². The summed E-state index contributed by atoms with van der Waals surface area (Å²) in [6.07, 6.45) is 9.86. The number of aromatic nitrogens is 2. The van der Waals surface area contributed by atoms with Gasteiger partial charge in [-0.05, 0) is 6.42 Å². The molecule has 1 aliphatic rings. The summed E-state index contributed by atoms with van der Waals surface area (Å²) in [5.74, 6) is 2.55. The molecule has 0 saturated carbocycles. The maximum atomic E-state index is 5.24. The number of ether oxygens (including phenoxy) is 1. The third kappa shape index (κ3) is 1.21. The molecular formula is C9H10N2O. The summed E-state index contributed by atoms with van der Waals surface area (Å²) in [7, 11) is 0. The highest BCUT2D eigenvalue weighted by molar-refractivity contribution is 5.26. The van der Waals surface area contributed by atoms with Crippen LogP contribution in [-0.4, -0.2) is 23.0 Å². The van der Waals surface area contributed by atoms with Gasteiger partial charge in [0.25, 0.3) is 0 Å². The van der Waals surface area contributed by atoms with Gasteiger partial charge in [-0.1, -0.05) is 5.92 Å². The van der Waals surface area contributed by atoms with Crippen molar-refractivity contribution in [1.82, 2.24) is 9.78 Å². The van der Waals surface area contributed by atoms with E-state index >= 15 is 0 Å². The first-order valence-electron chi connectivity index (χ1n) is 3.98. The molecule has 0 unspecified atom stereocenters.